The summed E-state index contributed by atoms with van der Waals surface area (Å²) in [6.07, 6.45) is 2.06. The van der Waals surface area contributed by atoms with Crippen LogP contribution in [0.2, 0.25) is 0 Å². The number of likely N-dealkylation sites (tertiary alicyclic amines) is 1. The monoisotopic (exact) mass is 247 g/mol. The van der Waals surface area contributed by atoms with E-state index < -0.39 is 12.0 Å². The molecular formula is C14H17NO3. The van der Waals surface area contributed by atoms with Crippen molar-refractivity contribution < 1.29 is 14.7 Å². The quantitative estimate of drug-likeness (QED) is 0.820. The first-order valence-electron chi connectivity index (χ1n) is 6.17. The molecule has 1 heterocycles. The Kier molecular flexibility index (Phi) is 4.10. The molecule has 96 valence electrons. The predicted molar refractivity (Wildman–Crippen MR) is 67.1 cm³/mol. The van der Waals surface area contributed by atoms with Crippen LogP contribution in [-0.4, -0.2) is 34.8 Å². The van der Waals surface area contributed by atoms with Crippen molar-refractivity contribution in [3.05, 3.63) is 35.9 Å². The van der Waals surface area contributed by atoms with Crippen molar-refractivity contribution >= 4 is 12.3 Å². The molecule has 2 rings (SSSR count). The number of hydrogen-bond donors (Lipinski definition) is 1. The van der Waals surface area contributed by atoms with E-state index in [4.69, 9.17) is 0 Å². The summed E-state index contributed by atoms with van der Waals surface area (Å²) in [5.74, 6) is -0.949. The summed E-state index contributed by atoms with van der Waals surface area (Å²) in [5, 5.41) is 9.24. The minimum absolute atomic E-state index is 0.113. The van der Waals surface area contributed by atoms with Crippen LogP contribution in [0.4, 0.5) is 0 Å². The fourth-order valence-electron chi connectivity index (χ4n) is 2.43. The average molecular weight is 247 g/mol. The highest BCUT2D eigenvalue weighted by Crippen LogP contribution is 2.23. The third kappa shape index (κ3) is 2.96. The van der Waals surface area contributed by atoms with Gasteiger partial charge in [-0.25, -0.2) is 0 Å². The zero-order valence-corrected chi connectivity index (χ0v) is 10.2. The van der Waals surface area contributed by atoms with E-state index >= 15 is 0 Å². The van der Waals surface area contributed by atoms with E-state index in [1.807, 2.05) is 35.2 Å². The Bertz CT molecular complexity index is 418. The fraction of sp³-hybridized carbons (Fsp3) is 0.429. The van der Waals surface area contributed by atoms with Crippen LogP contribution >= 0.6 is 0 Å². The number of rotatable bonds is 4. The van der Waals surface area contributed by atoms with Gasteiger partial charge in [-0.3, -0.25) is 9.69 Å². The molecule has 0 aliphatic carbocycles. The molecule has 0 bridgehead atoms. The number of aldehydes is 1. The highest BCUT2D eigenvalue weighted by molar-refractivity contribution is 5.74. The lowest BCUT2D eigenvalue weighted by molar-refractivity contribution is -0.146. The van der Waals surface area contributed by atoms with Crippen molar-refractivity contribution in [2.45, 2.75) is 25.4 Å². The van der Waals surface area contributed by atoms with Gasteiger partial charge in [0.2, 0.25) is 0 Å². The van der Waals surface area contributed by atoms with E-state index in [1.54, 1.807) is 0 Å². The topological polar surface area (TPSA) is 57.6 Å². The van der Waals surface area contributed by atoms with Gasteiger partial charge in [0.15, 0.2) is 0 Å². The second kappa shape index (κ2) is 5.78. The van der Waals surface area contributed by atoms with E-state index in [1.165, 1.54) is 0 Å². The van der Waals surface area contributed by atoms with Crippen LogP contribution in [0.3, 0.4) is 0 Å². The molecule has 0 saturated carbocycles. The van der Waals surface area contributed by atoms with Crippen LogP contribution in [0.15, 0.2) is 30.3 Å². The summed E-state index contributed by atoms with van der Waals surface area (Å²) in [7, 11) is 0. The fourth-order valence-corrected chi connectivity index (χ4v) is 2.43. The van der Waals surface area contributed by atoms with Gasteiger partial charge >= 0.3 is 5.97 Å². The Labute approximate surface area is 106 Å². The zero-order chi connectivity index (χ0) is 13.0. The average Bonchev–Trinajstić information content (AvgIpc) is 2.40. The van der Waals surface area contributed by atoms with Gasteiger partial charge in [-0.15, -0.1) is 0 Å². The summed E-state index contributed by atoms with van der Waals surface area (Å²) in [4.78, 5) is 24.0. The molecule has 4 heteroatoms. The maximum Gasteiger partial charge on any atom is 0.320 e. The van der Waals surface area contributed by atoms with E-state index in [9.17, 15) is 14.7 Å². The molecule has 1 N–H and O–H groups in total. The van der Waals surface area contributed by atoms with Crippen LogP contribution in [0.25, 0.3) is 0 Å². The van der Waals surface area contributed by atoms with E-state index in [0.29, 0.717) is 19.5 Å². The number of carbonyl (C=O) groups is 2. The minimum atomic E-state index is -0.836. The first-order chi connectivity index (χ1) is 8.70. The summed E-state index contributed by atoms with van der Waals surface area (Å²) >= 11 is 0. The molecule has 0 aromatic heterocycles. The van der Waals surface area contributed by atoms with Crippen LogP contribution in [0.5, 0.6) is 0 Å². The highest BCUT2D eigenvalue weighted by atomic mass is 16.4. The Morgan fingerprint density at radius 2 is 2.11 bits per heavy atom. The molecule has 4 nitrogen and oxygen atoms in total. The van der Waals surface area contributed by atoms with Crippen LogP contribution in [0, 0.1) is 5.92 Å². The lowest BCUT2D eigenvalue weighted by Crippen LogP contribution is -2.46. The van der Waals surface area contributed by atoms with E-state index in [-0.39, 0.29) is 5.92 Å². The SMILES string of the molecule is O=CC1CCN(Cc2ccccc2)C(C(=O)O)C1. The van der Waals surface area contributed by atoms with Crippen molar-refractivity contribution in [2.24, 2.45) is 5.92 Å². The summed E-state index contributed by atoms with van der Waals surface area (Å²) in [5.41, 5.74) is 1.10. The van der Waals surface area contributed by atoms with Gasteiger partial charge in [-0.1, -0.05) is 30.3 Å². The summed E-state index contributed by atoms with van der Waals surface area (Å²) in [6, 6.07) is 9.27. The number of hydrogen-bond acceptors (Lipinski definition) is 3. The number of carboxylic acid groups (broad SMARTS) is 1. The first-order valence-corrected chi connectivity index (χ1v) is 6.17. The van der Waals surface area contributed by atoms with Gasteiger partial charge in [0.05, 0.1) is 0 Å². The Morgan fingerprint density at radius 3 is 2.72 bits per heavy atom. The molecule has 2 unspecified atom stereocenters. The van der Waals surface area contributed by atoms with Gasteiger partial charge < -0.3 is 9.90 Å². The number of aliphatic carboxylic acids is 1. The Hall–Kier alpha value is -1.68. The van der Waals surface area contributed by atoms with E-state index in [2.05, 4.69) is 0 Å². The number of piperidine rings is 1. The molecule has 18 heavy (non-hydrogen) atoms. The van der Waals surface area contributed by atoms with Gasteiger partial charge in [-0.2, -0.15) is 0 Å². The highest BCUT2D eigenvalue weighted by Gasteiger charge is 2.32. The number of benzene rings is 1. The summed E-state index contributed by atoms with van der Waals surface area (Å²) in [6.45, 7) is 1.29. The van der Waals surface area contributed by atoms with Crippen molar-refractivity contribution in [1.29, 1.82) is 0 Å². The number of carbonyl (C=O) groups excluding carboxylic acids is 1. The van der Waals surface area contributed by atoms with Gasteiger partial charge in [0.1, 0.15) is 12.3 Å². The molecule has 1 aromatic carbocycles. The molecule has 1 saturated heterocycles. The van der Waals surface area contributed by atoms with E-state index in [0.717, 1.165) is 18.3 Å². The molecule has 1 aliphatic rings. The van der Waals surface area contributed by atoms with Gasteiger partial charge in [0, 0.05) is 19.0 Å². The minimum Gasteiger partial charge on any atom is -0.480 e. The zero-order valence-electron chi connectivity index (χ0n) is 10.2. The molecule has 1 aromatic rings. The van der Waals surface area contributed by atoms with Crippen LogP contribution < -0.4 is 0 Å². The van der Waals surface area contributed by atoms with Gasteiger partial charge in [0.25, 0.3) is 0 Å². The normalized spacial score (nSPS) is 24.7. The van der Waals surface area contributed by atoms with Crippen molar-refractivity contribution in [1.82, 2.24) is 4.90 Å². The largest absolute Gasteiger partial charge is 0.480 e. The van der Waals surface area contributed by atoms with Crippen molar-refractivity contribution in [2.75, 3.05) is 6.54 Å². The standard InChI is InChI=1S/C14H17NO3/c16-10-12-6-7-15(13(8-12)14(17)18)9-11-4-2-1-3-5-11/h1-5,10,12-13H,6-9H2,(H,17,18). The Morgan fingerprint density at radius 1 is 1.39 bits per heavy atom. The van der Waals surface area contributed by atoms with Crippen molar-refractivity contribution in [3.8, 4) is 0 Å². The number of nitrogens with zero attached hydrogens (tertiary/aromatic N) is 1. The second-order valence-electron chi connectivity index (χ2n) is 4.73. The maximum absolute atomic E-state index is 11.3. The van der Waals surface area contributed by atoms with Gasteiger partial charge in [-0.05, 0) is 18.4 Å². The molecule has 0 radical (unpaired) electrons. The van der Waals surface area contributed by atoms with Crippen LogP contribution in [-0.2, 0) is 16.1 Å². The molecular weight excluding hydrogens is 230 g/mol. The third-order valence-corrected chi connectivity index (χ3v) is 3.46. The molecule has 0 spiro atoms. The molecule has 1 aliphatic heterocycles. The van der Waals surface area contributed by atoms with Crippen molar-refractivity contribution in [3.63, 3.8) is 0 Å². The first kappa shape index (κ1) is 12.8. The maximum atomic E-state index is 11.3. The third-order valence-electron chi connectivity index (χ3n) is 3.46. The van der Waals surface area contributed by atoms with Crippen LogP contribution in [0.1, 0.15) is 18.4 Å². The smallest absolute Gasteiger partial charge is 0.320 e. The molecule has 0 amide bonds. The molecule has 1 fully saturated rings. The molecule has 2 atom stereocenters. The lowest BCUT2D eigenvalue weighted by atomic mass is 9.91. The second-order valence-corrected chi connectivity index (χ2v) is 4.73. The Balaban J connectivity index is 2.06. The number of carboxylic acids is 1. The lowest BCUT2D eigenvalue weighted by Gasteiger charge is -2.35. The summed E-state index contributed by atoms with van der Waals surface area (Å²) < 4.78 is 0. The predicted octanol–water partition coefficient (Wildman–Crippen LogP) is 1.55.